The normalized spacial score (nSPS) is 21.0. The van der Waals surface area contributed by atoms with Gasteiger partial charge in [-0.05, 0) is 45.1 Å². The van der Waals surface area contributed by atoms with Crippen molar-refractivity contribution < 1.29 is 14.3 Å². The van der Waals surface area contributed by atoms with Gasteiger partial charge in [0.25, 0.3) is 0 Å². The Hall–Kier alpha value is -0.900. The number of Topliss-reactive ketones (excluding diaryl/α,β-unsaturated/α-hetero) is 1. The molecule has 0 aliphatic carbocycles. The molecule has 0 N–H and O–H groups in total. The van der Waals surface area contributed by atoms with Crippen molar-refractivity contribution >= 4 is 11.8 Å². The predicted molar refractivity (Wildman–Crippen MR) is 79.4 cm³/mol. The van der Waals surface area contributed by atoms with Crippen LogP contribution in [-0.2, 0) is 14.3 Å². The second kappa shape index (κ2) is 6.25. The number of ether oxygens (including phenoxy) is 1. The molecule has 4 nitrogen and oxygen atoms in total. The molecule has 4 heteroatoms. The lowest BCUT2D eigenvalue weighted by molar-refractivity contribution is -0.158. The fourth-order valence-corrected chi connectivity index (χ4v) is 2.51. The standard InChI is InChI=1S/C16H29NO3/c1-7-20-14(19)16(5,6)13(18)11-17-9-8-12(10-17)15(2,3)4/h12H,7-11H2,1-6H3. The molecule has 20 heavy (non-hydrogen) atoms. The van der Waals surface area contributed by atoms with Crippen LogP contribution in [0.2, 0.25) is 0 Å². The monoisotopic (exact) mass is 283 g/mol. The van der Waals surface area contributed by atoms with Gasteiger partial charge in [-0.2, -0.15) is 0 Å². The van der Waals surface area contributed by atoms with Crippen molar-refractivity contribution in [3.05, 3.63) is 0 Å². The molecular weight excluding hydrogens is 254 g/mol. The van der Waals surface area contributed by atoms with Gasteiger partial charge in [0.15, 0.2) is 5.78 Å². The van der Waals surface area contributed by atoms with Gasteiger partial charge in [-0.1, -0.05) is 20.8 Å². The molecular formula is C16H29NO3. The van der Waals surface area contributed by atoms with E-state index in [0.717, 1.165) is 19.5 Å². The summed E-state index contributed by atoms with van der Waals surface area (Å²) in [6.07, 6.45) is 1.12. The summed E-state index contributed by atoms with van der Waals surface area (Å²) >= 11 is 0. The van der Waals surface area contributed by atoms with Gasteiger partial charge in [0.1, 0.15) is 5.41 Å². The molecule has 0 aromatic rings. The largest absolute Gasteiger partial charge is 0.465 e. The van der Waals surface area contributed by atoms with E-state index in [1.165, 1.54) is 0 Å². The van der Waals surface area contributed by atoms with Crippen LogP contribution < -0.4 is 0 Å². The molecule has 1 fully saturated rings. The third-order valence-electron chi connectivity index (χ3n) is 4.35. The predicted octanol–water partition coefficient (Wildman–Crippen LogP) is 2.51. The molecule has 0 radical (unpaired) electrons. The zero-order chi connectivity index (χ0) is 15.6. The second-order valence-electron chi connectivity index (χ2n) is 7.36. The number of likely N-dealkylation sites (tertiary alicyclic amines) is 1. The SMILES string of the molecule is CCOC(=O)C(C)(C)C(=O)CN1CCC(C(C)(C)C)C1. The van der Waals surface area contributed by atoms with Crippen LogP contribution in [0, 0.1) is 16.7 Å². The maximum Gasteiger partial charge on any atom is 0.319 e. The summed E-state index contributed by atoms with van der Waals surface area (Å²) in [5.74, 6) is 0.142. The van der Waals surface area contributed by atoms with Gasteiger partial charge in [-0.3, -0.25) is 14.5 Å². The lowest BCUT2D eigenvalue weighted by Crippen LogP contribution is -2.42. The van der Waals surface area contributed by atoms with E-state index in [1.54, 1.807) is 20.8 Å². The Labute approximate surface area is 122 Å². The Bertz CT molecular complexity index is 368. The first kappa shape index (κ1) is 17.2. The first-order valence-corrected chi connectivity index (χ1v) is 7.52. The highest BCUT2D eigenvalue weighted by Gasteiger charge is 2.39. The van der Waals surface area contributed by atoms with E-state index in [0.29, 0.717) is 19.1 Å². The number of ketones is 1. The van der Waals surface area contributed by atoms with E-state index >= 15 is 0 Å². The van der Waals surface area contributed by atoms with Crippen LogP contribution in [0.15, 0.2) is 0 Å². The number of rotatable bonds is 5. The van der Waals surface area contributed by atoms with Gasteiger partial charge in [0.2, 0.25) is 0 Å². The van der Waals surface area contributed by atoms with Gasteiger partial charge in [0, 0.05) is 6.54 Å². The number of hydrogen-bond donors (Lipinski definition) is 0. The second-order valence-corrected chi connectivity index (χ2v) is 7.36. The first-order valence-electron chi connectivity index (χ1n) is 7.52. The Balaban J connectivity index is 2.58. The lowest BCUT2D eigenvalue weighted by atomic mass is 9.80. The molecule has 0 bridgehead atoms. The maximum atomic E-state index is 12.4. The molecule has 1 aliphatic heterocycles. The van der Waals surface area contributed by atoms with Crippen molar-refractivity contribution in [2.45, 2.75) is 48.0 Å². The van der Waals surface area contributed by atoms with Gasteiger partial charge in [-0.25, -0.2) is 0 Å². The highest BCUT2D eigenvalue weighted by atomic mass is 16.5. The summed E-state index contributed by atoms with van der Waals surface area (Å²) < 4.78 is 4.99. The highest BCUT2D eigenvalue weighted by Crippen LogP contribution is 2.33. The summed E-state index contributed by atoms with van der Waals surface area (Å²) in [4.78, 5) is 26.4. The van der Waals surface area contributed by atoms with Crippen molar-refractivity contribution in [1.29, 1.82) is 0 Å². The summed E-state index contributed by atoms with van der Waals surface area (Å²) in [5.41, 5.74) is -0.774. The van der Waals surface area contributed by atoms with E-state index in [1.807, 2.05) is 0 Å². The smallest absolute Gasteiger partial charge is 0.319 e. The highest BCUT2D eigenvalue weighted by molar-refractivity contribution is 6.03. The van der Waals surface area contributed by atoms with Crippen LogP contribution in [-0.4, -0.2) is 42.9 Å². The fraction of sp³-hybridized carbons (Fsp3) is 0.875. The molecule has 0 spiro atoms. The number of carbonyl (C=O) groups is 2. The summed E-state index contributed by atoms with van der Waals surface area (Å²) in [6, 6.07) is 0. The molecule has 0 aromatic carbocycles. The zero-order valence-electron chi connectivity index (χ0n) is 13.8. The van der Waals surface area contributed by atoms with E-state index in [9.17, 15) is 9.59 Å². The molecule has 1 heterocycles. The number of hydrogen-bond acceptors (Lipinski definition) is 4. The lowest BCUT2D eigenvalue weighted by Gasteiger charge is -2.28. The minimum absolute atomic E-state index is 0.0505. The van der Waals surface area contributed by atoms with Gasteiger partial charge in [0.05, 0.1) is 13.2 Å². The Morgan fingerprint density at radius 3 is 2.25 bits per heavy atom. The molecule has 1 unspecified atom stereocenters. The summed E-state index contributed by atoms with van der Waals surface area (Å²) in [7, 11) is 0. The van der Waals surface area contributed by atoms with Crippen LogP contribution >= 0.6 is 0 Å². The summed E-state index contributed by atoms with van der Waals surface area (Å²) in [6.45, 7) is 14.3. The average Bonchev–Trinajstić information content (AvgIpc) is 2.77. The number of nitrogens with zero attached hydrogens (tertiary/aromatic N) is 1. The van der Waals surface area contributed by atoms with E-state index < -0.39 is 11.4 Å². The topological polar surface area (TPSA) is 46.6 Å². The Kier molecular flexibility index (Phi) is 5.36. The molecule has 1 rings (SSSR count). The molecule has 0 amide bonds. The maximum absolute atomic E-state index is 12.4. The molecule has 1 saturated heterocycles. The van der Waals surface area contributed by atoms with Crippen LogP contribution in [0.5, 0.6) is 0 Å². The van der Waals surface area contributed by atoms with Gasteiger partial charge < -0.3 is 4.74 Å². The van der Waals surface area contributed by atoms with Crippen molar-refractivity contribution in [3.63, 3.8) is 0 Å². The molecule has 116 valence electrons. The number of esters is 1. The van der Waals surface area contributed by atoms with Crippen LogP contribution in [0.1, 0.15) is 48.0 Å². The van der Waals surface area contributed by atoms with Gasteiger partial charge in [-0.15, -0.1) is 0 Å². The van der Waals surface area contributed by atoms with E-state index in [4.69, 9.17) is 4.74 Å². The zero-order valence-corrected chi connectivity index (χ0v) is 13.8. The molecule has 0 aromatic heterocycles. The Morgan fingerprint density at radius 2 is 1.80 bits per heavy atom. The van der Waals surface area contributed by atoms with Crippen molar-refractivity contribution in [2.75, 3.05) is 26.2 Å². The van der Waals surface area contributed by atoms with Crippen LogP contribution in [0.3, 0.4) is 0 Å². The average molecular weight is 283 g/mol. The van der Waals surface area contributed by atoms with Crippen molar-refractivity contribution in [2.24, 2.45) is 16.7 Å². The third kappa shape index (κ3) is 4.05. The Morgan fingerprint density at radius 1 is 1.20 bits per heavy atom. The quantitative estimate of drug-likeness (QED) is 0.574. The fourth-order valence-electron chi connectivity index (χ4n) is 2.51. The molecule has 1 aliphatic rings. The van der Waals surface area contributed by atoms with Crippen LogP contribution in [0.25, 0.3) is 0 Å². The minimum Gasteiger partial charge on any atom is -0.465 e. The van der Waals surface area contributed by atoms with Gasteiger partial charge >= 0.3 is 5.97 Å². The third-order valence-corrected chi connectivity index (χ3v) is 4.35. The minimum atomic E-state index is -1.05. The molecule has 1 atom stereocenters. The van der Waals surface area contributed by atoms with Crippen molar-refractivity contribution in [1.82, 2.24) is 4.90 Å². The van der Waals surface area contributed by atoms with E-state index in [-0.39, 0.29) is 11.2 Å². The first-order chi connectivity index (χ1) is 9.09. The summed E-state index contributed by atoms with van der Waals surface area (Å²) in [5, 5.41) is 0. The van der Waals surface area contributed by atoms with E-state index in [2.05, 4.69) is 25.7 Å². The molecule has 0 saturated carbocycles. The number of carbonyl (C=O) groups excluding carboxylic acids is 2. The van der Waals surface area contributed by atoms with Crippen LogP contribution in [0.4, 0.5) is 0 Å². The van der Waals surface area contributed by atoms with Crippen molar-refractivity contribution in [3.8, 4) is 0 Å².